The Hall–Kier alpha value is -2.78. The molecule has 1 N–H and O–H groups in total. The van der Waals surface area contributed by atoms with E-state index < -0.39 is 0 Å². The Labute approximate surface area is 170 Å². The first-order valence-electron chi connectivity index (χ1n) is 9.48. The van der Waals surface area contributed by atoms with Gasteiger partial charge in [-0.1, -0.05) is 0 Å². The molecule has 29 heavy (non-hydrogen) atoms. The fourth-order valence-electron chi connectivity index (χ4n) is 3.74. The first-order valence-corrected chi connectivity index (χ1v) is 10.6. The number of thioether (sulfide) groups is 1. The summed E-state index contributed by atoms with van der Waals surface area (Å²) in [6.07, 6.45) is 4.06. The van der Waals surface area contributed by atoms with Crippen LogP contribution in [-0.4, -0.2) is 50.7 Å². The molecule has 2 atom stereocenters. The van der Waals surface area contributed by atoms with Crippen molar-refractivity contribution < 1.29 is 9.53 Å². The van der Waals surface area contributed by atoms with Crippen molar-refractivity contribution in [3.8, 4) is 0 Å². The van der Waals surface area contributed by atoms with Gasteiger partial charge in [0, 0.05) is 36.2 Å². The lowest BCUT2D eigenvalue weighted by Crippen LogP contribution is -2.44. The molecule has 3 aromatic rings. The molecule has 2 unspecified atom stereocenters. The molecule has 0 bridgehead atoms. The average molecular weight is 409 g/mol. The van der Waals surface area contributed by atoms with E-state index in [4.69, 9.17) is 4.74 Å². The lowest BCUT2D eigenvalue weighted by atomic mass is 10.1. The van der Waals surface area contributed by atoms with Crippen LogP contribution in [0.25, 0.3) is 11.0 Å². The Bertz CT molecular complexity index is 1150. The third kappa shape index (κ3) is 3.51. The van der Waals surface area contributed by atoms with Crippen molar-refractivity contribution in [3.63, 3.8) is 0 Å². The highest BCUT2D eigenvalue weighted by Gasteiger charge is 2.33. The molecule has 0 saturated carbocycles. The van der Waals surface area contributed by atoms with Crippen LogP contribution < -0.4 is 10.9 Å². The van der Waals surface area contributed by atoms with Gasteiger partial charge in [-0.05, 0) is 29.5 Å². The zero-order valence-electron chi connectivity index (χ0n) is 15.6. The van der Waals surface area contributed by atoms with Crippen LogP contribution in [0.2, 0.25) is 0 Å². The van der Waals surface area contributed by atoms with Gasteiger partial charge in [-0.3, -0.25) is 19.6 Å². The Morgan fingerprint density at radius 2 is 2.03 bits per heavy atom. The van der Waals surface area contributed by atoms with Gasteiger partial charge in [0.25, 0.3) is 11.5 Å². The van der Waals surface area contributed by atoms with Gasteiger partial charge in [0.1, 0.15) is 6.04 Å². The number of nitrogens with one attached hydrogen (secondary N) is 1. The van der Waals surface area contributed by atoms with Crippen molar-refractivity contribution in [2.75, 3.05) is 19.0 Å². The molecule has 2 aliphatic heterocycles. The highest BCUT2D eigenvalue weighted by molar-refractivity contribution is 7.98. The fraction of sp³-hybridized carbons (Fsp3) is 0.350. The van der Waals surface area contributed by atoms with Crippen LogP contribution in [0.15, 0.2) is 41.5 Å². The van der Waals surface area contributed by atoms with E-state index in [-0.39, 0.29) is 23.6 Å². The number of fused-ring (bicyclic) bond motifs is 2. The second-order valence-electron chi connectivity index (χ2n) is 7.15. The highest BCUT2D eigenvalue weighted by Crippen LogP contribution is 2.24. The van der Waals surface area contributed by atoms with Gasteiger partial charge in [-0.25, -0.2) is 4.68 Å². The Balaban J connectivity index is 1.39. The third-order valence-corrected chi connectivity index (χ3v) is 6.28. The number of aromatic nitrogens is 4. The summed E-state index contributed by atoms with van der Waals surface area (Å²) in [5.41, 5.74) is 3.71. The lowest BCUT2D eigenvalue weighted by molar-refractivity contribution is 0.0924. The van der Waals surface area contributed by atoms with Crippen LogP contribution >= 0.6 is 11.8 Å². The molecule has 0 spiro atoms. The Morgan fingerprint density at radius 1 is 1.17 bits per heavy atom. The number of carbonyl (C=O) groups is 1. The number of ether oxygens (including phenoxy) is 1. The average Bonchev–Trinajstić information content (AvgIpc) is 3.20. The van der Waals surface area contributed by atoms with Crippen molar-refractivity contribution >= 4 is 28.7 Å². The summed E-state index contributed by atoms with van der Waals surface area (Å²) >= 11 is 1.81. The molecular weight excluding hydrogens is 390 g/mol. The summed E-state index contributed by atoms with van der Waals surface area (Å²) in [6, 6.07) is 6.22. The molecule has 8 nitrogen and oxygen atoms in total. The molecule has 2 aliphatic rings. The minimum Gasteiger partial charge on any atom is -0.377 e. The third-order valence-electron chi connectivity index (χ3n) is 5.28. The fourth-order valence-corrected chi connectivity index (χ4v) is 4.70. The molecule has 1 saturated heterocycles. The number of hydrogen-bond donors (Lipinski definition) is 1. The minimum atomic E-state index is -0.332. The van der Waals surface area contributed by atoms with E-state index in [0.29, 0.717) is 24.3 Å². The molecule has 5 rings (SSSR count). The number of rotatable bonds is 3. The zero-order chi connectivity index (χ0) is 19.8. The van der Waals surface area contributed by atoms with Crippen LogP contribution in [0.5, 0.6) is 0 Å². The zero-order valence-corrected chi connectivity index (χ0v) is 16.4. The standard InChI is InChI=1S/C20H19N5O3S/c26-19-8-13-11-29-6-3-14(13)24-25(19)18-10-28-9-17(18)23-20(27)12-1-2-15-16(7-12)22-5-4-21-15/h1-2,4-5,7-8,17-18H,3,6,9-11H2,(H,23,27). The summed E-state index contributed by atoms with van der Waals surface area (Å²) < 4.78 is 7.07. The molecule has 0 radical (unpaired) electrons. The second-order valence-corrected chi connectivity index (χ2v) is 8.25. The van der Waals surface area contributed by atoms with Crippen LogP contribution in [-0.2, 0) is 16.9 Å². The van der Waals surface area contributed by atoms with Gasteiger partial charge in [0.05, 0.1) is 36.0 Å². The molecule has 9 heteroatoms. The lowest BCUT2D eigenvalue weighted by Gasteiger charge is -2.22. The molecule has 1 amide bonds. The van der Waals surface area contributed by atoms with E-state index in [1.165, 1.54) is 4.68 Å². The van der Waals surface area contributed by atoms with Crippen LogP contribution in [0.1, 0.15) is 27.7 Å². The summed E-state index contributed by atoms with van der Waals surface area (Å²) in [6.45, 7) is 0.680. The summed E-state index contributed by atoms with van der Waals surface area (Å²) in [4.78, 5) is 33.9. The molecule has 148 valence electrons. The molecular formula is C20H19N5O3S. The Kier molecular flexibility index (Phi) is 4.76. The number of aryl methyl sites for hydroxylation is 1. The highest BCUT2D eigenvalue weighted by atomic mass is 32.2. The van der Waals surface area contributed by atoms with Gasteiger partial charge >= 0.3 is 0 Å². The van der Waals surface area contributed by atoms with Crippen molar-refractivity contribution in [2.45, 2.75) is 24.3 Å². The predicted molar refractivity (Wildman–Crippen MR) is 109 cm³/mol. The van der Waals surface area contributed by atoms with Crippen LogP contribution in [0.4, 0.5) is 0 Å². The number of benzene rings is 1. The maximum Gasteiger partial charge on any atom is 0.267 e. The van der Waals surface area contributed by atoms with Crippen molar-refractivity contribution in [2.24, 2.45) is 0 Å². The van der Waals surface area contributed by atoms with Crippen LogP contribution in [0.3, 0.4) is 0 Å². The predicted octanol–water partition coefficient (Wildman–Crippen LogP) is 1.35. The Morgan fingerprint density at radius 3 is 2.93 bits per heavy atom. The molecule has 0 aliphatic carbocycles. The first kappa shape index (κ1) is 18.3. The summed E-state index contributed by atoms with van der Waals surface area (Å²) in [5, 5.41) is 7.61. The van der Waals surface area contributed by atoms with Gasteiger partial charge in [0.15, 0.2) is 0 Å². The van der Waals surface area contributed by atoms with E-state index in [2.05, 4.69) is 20.4 Å². The smallest absolute Gasteiger partial charge is 0.267 e. The van der Waals surface area contributed by atoms with Gasteiger partial charge in [-0.15, -0.1) is 0 Å². The van der Waals surface area contributed by atoms with Crippen LogP contribution in [0, 0.1) is 0 Å². The van der Waals surface area contributed by atoms with E-state index in [0.717, 1.165) is 34.7 Å². The number of hydrogen-bond acceptors (Lipinski definition) is 7. The van der Waals surface area contributed by atoms with Crippen molar-refractivity contribution in [1.82, 2.24) is 25.1 Å². The number of amides is 1. The normalized spacial score (nSPS) is 21.1. The van der Waals surface area contributed by atoms with E-state index in [1.807, 2.05) is 11.8 Å². The monoisotopic (exact) mass is 409 g/mol. The van der Waals surface area contributed by atoms with Gasteiger partial charge in [-0.2, -0.15) is 16.9 Å². The molecule has 1 aromatic carbocycles. The minimum absolute atomic E-state index is 0.151. The summed E-state index contributed by atoms with van der Waals surface area (Å²) in [7, 11) is 0. The number of carbonyl (C=O) groups excluding carboxylic acids is 1. The van der Waals surface area contributed by atoms with E-state index >= 15 is 0 Å². The number of nitrogens with zero attached hydrogens (tertiary/aromatic N) is 4. The maximum atomic E-state index is 12.8. The first-order chi connectivity index (χ1) is 14.2. The van der Waals surface area contributed by atoms with E-state index in [1.54, 1.807) is 36.7 Å². The van der Waals surface area contributed by atoms with Gasteiger partial charge in [0.2, 0.25) is 0 Å². The molecule has 4 heterocycles. The summed E-state index contributed by atoms with van der Waals surface area (Å²) in [5.74, 6) is 1.59. The largest absolute Gasteiger partial charge is 0.377 e. The SMILES string of the molecule is O=C(NC1COCC1n1nc2c(cc1=O)CSCC2)c1ccc2nccnc2c1. The molecule has 2 aromatic heterocycles. The van der Waals surface area contributed by atoms with E-state index in [9.17, 15) is 9.59 Å². The van der Waals surface area contributed by atoms with Crippen molar-refractivity contribution in [1.29, 1.82) is 0 Å². The van der Waals surface area contributed by atoms with Crippen molar-refractivity contribution in [3.05, 3.63) is 63.8 Å². The molecule has 1 fully saturated rings. The quantitative estimate of drug-likeness (QED) is 0.697. The maximum absolute atomic E-state index is 12.8. The topological polar surface area (TPSA) is 99.0 Å². The second kappa shape index (κ2) is 7.57. The van der Waals surface area contributed by atoms with Gasteiger partial charge < -0.3 is 10.1 Å².